The van der Waals surface area contributed by atoms with Gasteiger partial charge in [0.2, 0.25) is 0 Å². The summed E-state index contributed by atoms with van der Waals surface area (Å²) >= 11 is 0. The number of rotatable bonds is 7. The van der Waals surface area contributed by atoms with Gasteiger partial charge in [0, 0.05) is 4.91 Å². The second-order valence-electron chi connectivity index (χ2n) is 3.18. The molecule has 0 spiro atoms. The molecule has 0 rings (SSSR count). The fourth-order valence-corrected chi connectivity index (χ4v) is 1.11. The van der Waals surface area contributed by atoms with Crippen LogP contribution >= 0.6 is 0 Å². The Balaban J connectivity index is 3.92. The van der Waals surface area contributed by atoms with E-state index in [1.807, 2.05) is 0 Å². The van der Waals surface area contributed by atoms with Gasteiger partial charge in [-0.1, -0.05) is 37.4 Å². The van der Waals surface area contributed by atoms with E-state index in [0.29, 0.717) is 0 Å². The second kappa shape index (κ2) is 8.32. The highest BCUT2D eigenvalue weighted by molar-refractivity contribution is 5.92. The molecule has 0 unspecified atom stereocenters. The van der Waals surface area contributed by atoms with Crippen LogP contribution in [0.5, 0.6) is 0 Å². The average molecular weight is 195 g/mol. The minimum Gasteiger partial charge on any atom is -0.295 e. The summed E-state index contributed by atoms with van der Waals surface area (Å²) in [6.45, 7) is 3.56. The predicted octanol–water partition coefficient (Wildman–Crippen LogP) is 3.74. The number of allylic oxidation sites excluding steroid dienone is 2. The van der Waals surface area contributed by atoms with Gasteiger partial charge in [-0.05, 0) is 25.3 Å². The van der Waals surface area contributed by atoms with Crippen LogP contribution in [-0.2, 0) is 4.79 Å². The van der Waals surface area contributed by atoms with E-state index >= 15 is 0 Å². The summed E-state index contributed by atoms with van der Waals surface area (Å²) in [6, 6.07) is 0. The van der Waals surface area contributed by atoms with E-state index in [1.54, 1.807) is 6.08 Å². The number of nitrogens with zero attached hydrogens (tertiary/aromatic N) is 3. The summed E-state index contributed by atoms with van der Waals surface area (Å²) in [5, 5.41) is 3.33. The molecule has 0 saturated carbocycles. The first kappa shape index (κ1) is 12.7. The first-order valence-corrected chi connectivity index (χ1v) is 4.98. The monoisotopic (exact) mass is 195 g/mol. The Bertz CT molecular complexity index is 248. The van der Waals surface area contributed by atoms with Gasteiger partial charge in [-0.15, -0.1) is 0 Å². The van der Waals surface area contributed by atoms with E-state index in [1.165, 1.54) is 19.8 Å². The molecule has 0 aromatic carbocycles. The van der Waals surface area contributed by atoms with Crippen molar-refractivity contribution in [3.05, 3.63) is 22.2 Å². The molecule has 0 N–H and O–H groups in total. The maximum Gasteiger partial charge on any atom is 0.161 e. The van der Waals surface area contributed by atoms with Gasteiger partial charge in [0.25, 0.3) is 0 Å². The number of Topliss-reactive ketones (excluding diaryl/α,β-unsaturated/α-hetero) is 1. The first-order valence-electron chi connectivity index (χ1n) is 4.98. The minimum atomic E-state index is -0.168. The van der Waals surface area contributed by atoms with Gasteiger partial charge in [0.05, 0.1) is 5.70 Å². The van der Waals surface area contributed by atoms with Crippen LogP contribution in [0.25, 0.3) is 10.4 Å². The smallest absolute Gasteiger partial charge is 0.161 e. The van der Waals surface area contributed by atoms with Crippen LogP contribution < -0.4 is 0 Å². The van der Waals surface area contributed by atoms with Gasteiger partial charge < -0.3 is 0 Å². The number of carbonyl (C=O) groups is 1. The molecule has 0 aromatic rings. The van der Waals surface area contributed by atoms with Crippen LogP contribution in [0.3, 0.4) is 0 Å². The molecule has 0 heterocycles. The van der Waals surface area contributed by atoms with E-state index in [4.69, 9.17) is 5.53 Å². The third-order valence-electron chi connectivity index (χ3n) is 1.91. The molecule has 0 bridgehead atoms. The van der Waals surface area contributed by atoms with Crippen molar-refractivity contribution >= 4 is 5.78 Å². The standard InChI is InChI=1S/C10H17N3O/c1-3-4-5-6-7-8-10(9(2)14)12-13-11/h8H,3-7H2,1-2H3/b10-8+. The third-order valence-corrected chi connectivity index (χ3v) is 1.91. The van der Waals surface area contributed by atoms with Crippen molar-refractivity contribution in [2.75, 3.05) is 0 Å². The molecule has 4 nitrogen and oxygen atoms in total. The maximum atomic E-state index is 10.9. The third kappa shape index (κ3) is 6.26. The van der Waals surface area contributed by atoms with Crippen molar-refractivity contribution in [2.45, 2.75) is 46.0 Å². The summed E-state index contributed by atoms with van der Waals surface area (Å²) in [5.41, 5.74) is 8.43. The minimum absolute atomic E-state index is 0.168. The lowest BCUT2D eigenvalue weighted by Gasteiger charge is -1.96. The molecule has 0 aliphatic heterocycles. The van der Waals surface area contributed by atoms with Crippen molar-refractivity contribution in [2.24, 2.45) is 5.11 Å². The molecule has 0 aromatic heterocycles. The maximum absolute atomic E-state index is 10.9. The SMILES string of the molecule is CCCCCC/C=C(/N=[N+]=[N-])C(C)=O. The molecule has 0 fully saturated rings. The Labute approximate surface area is 84.6 Å². The van der Waals surface area contributed by atoms with Crippen LogP contribution in [0.15, 0.2) is 16.9 Å². The largest absolute Gasteiger partial charge is 0.295 e. The van der Waals surface area contributed by atoms with Gasteiger partial charge in [0.15, 0.2) is 5.78 Å². The molecule has 0 atom stereocenters. The lowest BCUT2D eigenvalue weighted by Crippen LogP contribution is -1.92. The molecule has 0 amide bonds. The summed E-state index contributed by atoms with van der Waals surface area (Å²) < 4.78 is 0. The van der Waals surface area contributed by atoms with Crippen molar-refractivity contribution in [1.29, 1.82) is 0 Å². The molecular weight excluding hydrogens is 178 g/mol. The van der Waals surface area contributed by atoms with E-state index in [9.17, 15) is 4.79 Å². The second-order valence-corrected chi connectivity index (χ2v) is 3.18. The zero-order valence-electron chi connectivity index (χ0n) is 8.86. The Kier molecular flexibility index (Phi) is 7.56. The first-order chi connectivity index (χ1) is 6.72. The zero-order valence-corrected chi connectivity index (χ0v) is 8.86. The van der Waals surface area contributed by atoms with Gasteiger partial charge >= 0.3 is 0 Å². The lowest BCUT2D eigenvalue weighted by molar-refractivity contribution is -0.113. The molecule has 0 saturated heterocycles. The predicted molar refractivity (Wildman–Crippen MR) is 56.7 cm³/mol. The van der Waals surface area contributed by atoms with E-state index in [0.717, 1.165) is 19.3 Å². The number of carbonyl (C=O) groups excluding carboxylic acids is 1. The normalized spacial score (nSPS) is 10.9. The summed E-state index contributed by atoms with van der Waals surface area (Å²) in [5.74, 6) is -0.168. The van der Waals surface area contributed by atoms with E-state index < -0.39 is 0 Å². The average Bonchev–Trinajstić information content (AvgIpc) is 2.15. The van der Waals surface area contributed by atoms with Crippen molar-refractivity contribution in [3.63, 3.8) is 0 Å². The quantitative estimate of drug-likeness (QED) is 0.200. The van der Waals surface area contributed by atoms with Crippen LogP contribution in [-0.4, -0.2) is 5.78 Å². The van der Waals surface area contributed by atoms with Gasteiger partial charge in [-0.2, -0.15) is 0 Å². The van der Waals surface area contributed by atoms with Crippen LogP contribution in [0, 0.1) is 0 Å². The highest BCUT2D eigenvalue weighted by Gasteiger charge is 1.98. The summed E-state index contributed by atoms with van der Waals surface area (Å²) in [6.07, 6.45) is 7.15. The van der Waals surface area contributed by atoms with Crippen LogP contribution in [0.1, 0.15) is 46.0 Å². The fourth-order valence-electron chi connectivity index (χ4n) is 1.11. The molecule has 78 valence electrons. The molecule has 14 heavy (non-hydrogen) atoms. The van der Waals surface area contributed by atoms with Crippen molar-refractivity contribution in [3.8, 4) is 0 Å². The van der Waals surface area contributed by atoms with Gasteiger partial charge in [-0.25, -0.2) is 0 Å². The Morgan fingerprint density at radius 3 is 2.64 bits per heavy atom. The molecule has 0 aliphatic rings. The molecule has 0 aliphatic carbocycles. The van der Waals surface area contributed by atoms with E-state index in [2.05, 4.69) is 16.9 Å². The van der Waals surface area contributed by atoms with Gasteiger partial charge in [0.1, 0.15) is 0 Å². The molecular formula is C10H17N3O. The summed E-state index contributed by atoms with van der Waals surface area (Å²) in [4.78, 5) is 13.5. The Morgan fingerprint density at radius 1 is 1.43 bits per heavy atom. The van der Waals surface area contributed by atoms with Crippen molar-refractivity contribution in [1.82, 2.24) is 0 Å². The lowest BCUT2D eigenvalue weighted by atomic mass is 10.1. The number of hydrogen-bond acceptors (Lipinski definition) is 2. The van der Waals surface area contributed by atoms with Crippen LogP contribution in [0.4, 0.5) is 0 Å². The molecule has 0 radical (unpaired) electrons. The topological polar surface area (TPSA) is 65.8 Å². The Morgan fingerprint density at radius 2 is 2.14 bits per heavy atom. The highest BCUT2D eigenvalue weighted by atomic mass is 16.1. The number of azide groups is 1. The number of unbranched alkanes of at least 4 members (excludes halogenated alkanes) is 4. The number of ketones is 1. The van der Waals surface area contributed by atoms with Gasteiger partial charge in [-0.3, -0.25) is 4.79 Å². The fraction of sp³-hybridized carbons (Fsp3) is 0.700. The van der Waals surface area contributed by atoms with Crippen molar-refractivity contribution < 1.29 is 4.79 Å². The molecule has 4 heteroatoms. The highest BCUT2D eigenvalue weighted by Crippen LogP contribution is 2.07. The summed E-state index contributed by atoms with van der Waals surface area (Å²) in [7, 11) is 0. The van der Waals surface area contributed by atoms with E-state index in [-0.39, 0.29) is 11.5 Å². The zero-order chi connectivity index (χ0) is 10.8. The number of hydrogen-bond donors (Lipinski definition) is 0. The Hall–Kier alpha value is -1.28. The van der Waals surface area contributed by atoms with Crippen LogP contribution in [0.2, 0.25) is 0 Å².